The monoisotopic (exact) mass is 200 g/mol. The van der Waals surface area contributed by atoms with Crippen LogP contribution in [-0.4, -0.2) is 31.1 Å². The van der Waals surface area contributed by atoms with Crippen LogP contribution in [0.1, 0.15) is 13.3 Å². The number of rotatable bonds is 2. The van der Waals surface area contributed by atoms with Gasteiger partial charge in [0.1, 0.15) is 0 Å². The molecule has 1 aliphatic heterocycles. The Labute approximate surface area is 81.3 Å². The van der Waals surface area contributed by atoms with E-state index < -0.39 is 0 Å². The average molecular weight is 201 g/mol. The van der Waals surface area contributed by atoms with Crippen molar-refractivity contribution in [1.82, 2.24) is 4.90 Å². The van der Waals surface area contributed by atoms with E-state index in [-0.39, 0.29) is 24.8 Å². The summed E-state index contributed by atoms with van der Waals surface area (Å²) in [5, 5.41) is 0. The van der Waals surface area contributed by atoms with Crippen LogP contribution in [0.3, 0.4) is 0 Å². The number of nitrogens with two attached hydrogens (primary N) is 1. The topological polar surface area (TPSA) is 29.3 Å². The van der Waals surface area contributed by atoms with E-state index in [1.807, 2.05) is 0 Å². The fraction of sp³-hybridized carbons (Fsp3) is 1.00. The van der Waals surface area contributed by atoms with Gasteiger partial charge in [-0.1, -0.05) is 6.92 Å². The van der Waals surface area contributed by atoms with Crippen molar-refractivity contribution in [2.75, 3.05) is 26.2 Å². The van der Waals surface area contributed by atoms with E-state index >= 15 is 0 Å². The molecule has 0 aromatic heterocycles. The fourth-order valence-electron chi connectivity index (χ4n) is 1.39. The van der Waals surface area contributed by atoms with Crippen LogP contribution in [0.4, 0.5) is 0 Å². The van der Waals surface area contributed by atoms with Gasteiger partial charge in [0, 0.05) is 6.54 Å². The number of likely N-dealkylation sites (tertiary alicyclic amines) is 1. The lowest BCUT2D eigenvalue weighted by molar-refractivity contribution is 0.343. The SMILES string of the molecule is CCN1CC[C@@H](CN)C1.Cl.Cl. The molecule has 0 bridgehead atoms. The maximum absolute atomic E-state index is 5.52. The minimum Gasteiger partial charge on any atom is -0.330 e. The molecule has 0 aliphatic carbocycles. The van der Waals surface area contributed by atoms with Gasteiger partial charge in [0.15, 0.2) is 0 Å². The van der Waals surface area contributed by atoms with Crippen LogP contribution in [0.15, 0.2) is 0 Å². The molecule has 2 nitrogen and oxygen atoms in total. The van der Waals surface area contributed by atoms with Crippen molar-refractivity contribution in [3.63, 3.8) is 0 Å². The van der Waals surface area contributed by atoms with E-state index in [9.17, 15) is 0 Å². The van der Waals surface area contributed by atoms with Gasteiger partial charge < -0.3 is 10.6 Å². The molecule has 0 radical (unpaired) electrons. The molecule has 1 saturated heterocycles. The summed E-state index contributed by atoms with van der Waals surface area (Å²) in [6, 6.07) is 0. The summed E-state index contributed by atoms with van der Waals surface area (Å²) in [5.74, 6) is 0.782. The molecule has 1 heterocycles. The maximum Gasteiger partial charge on any atom is 0.00221 e. The van der Waals surface area contributed by atoms with Gasteiger partial charge in [-0.3, -0.25) is 0 Å². The van der Waals surface area contributed by atoms with E-state index in [1.165, 1.54) is 26.1 Å². The largest absolute Gasteiger partial charge is 0.330 e. The summed E-state index contributed by atoms with van der Waals surface area (Å²) in [6.45, 7) is 6.76. The zero-order valence-corrected chi connectivity index (χ0v) is 8.59. The molecule has 1 atom stereocenters. The van der Waals surface area contributed by atoms with Gasteiger partial charge in [-0.2, -0.15) is 0 Å². The van der Waals surface area contributed by atoms with Crippen molar-refractivity contribution >= 4 is 24.8 Å². The lowest BCUT2D eigenvalue weighted by Crippen LogP contribution is -2.22. The van der Waals surface area contributed by atoms with Crippen molar-refractivity contribution in [3.05, 3.63) is 0 Å². The Morgan fingerprint density at radius 2 is 2.09 bits per heavy atom. The van der Waals surface area contributed by atoms with Gasteiger partial charge in [0.05, 0.1) is 0 Å². The summed E-state index contributed by atoms with van der Waals surface area (Å²) in [6.07, 6.45) is 1.31. The van der Waals surface area contributed by atoms with E-state index in [1.54, 1.807) is 0 Å². The molecule has 11 heavy (non-hydrogen) atoms. The zero-order chi connectivity index (χ0) is 6.69. The van der Waals surface area contributed by atoms with Gasteiger partial charge in [-0.15, -0.1) is 24.8 Å². The van der Waals surface area contributed by atoms with Crippen molar-refractivity contribution in [3.8, 4) is 0 Å². The highest BCUT2D eigenvalue weighted by atomic mass is 35.5. The van der Waals surface area contributed by atoms with Crippen molar-refractivity contribution in [1.29, 1.82) is 0 Å². The Balaban J connectivity index is 0. The predicted octanol–water partition coefficient (Wildman–Crippen LogP) is 1.13. The molecule has 0 amide bonds. The third-order valence-electron chi connectivity index (χ3n) is 2.15. The lowest BCUT2D eigenvalue weighted by Gasteiger charge is -2.10. The zero-order valence-electron chi connectivity index (χ0n) is 6.95. The highest BCUT2D eigenvalue weighted by Gasteiger charge is 2.18. The van der Waals surface area contributed by atoms with Crippen LogP contribution in [0.2, 0.25) is 0 Å². The maximum atomic E-state index is 5.52. The normalized spacial score (nSPS) is 24.0. The quantitative estimate of drug-likeness (QED) is 0.725. The Morgan fingerprint density at radius 1 is 1.45 bits per heavy atom. The van der Waals surface area contributed by atoms with Crippen molar-refractivity contribution < 1.29 is 0 Å². The van der Waals surface area contributed by atoms with Gasteiger partial charge in [-0.05, 0) is 32.0 Å². The van der Waals surface area contributed by atoms with Crippen LogP contribution in [-0.2, 0) is 0 Å². The third kappa shape index (κ3) is 4.16. The molecule has 0 spiro atoms. The number of hydrogen-bond donors (Lipinski definition) is 1. The Hall–Kier alpha value is 0.500. The van der Waals surface area contributed by atoms with E-state index in [2.05, 4.69) is 11.8 Å². The van der Waals surface area contributed by atoms with Gasteiger partial charge >= 0.3 is 0 Å². The van der Waals surface area contributed by atoms with Crippen LogP contribution < -0.4 is 5.73 Å². The minimum atomic E-state index is 0. The summed E-state index contributed by atoms with van der Waals surface area (Å²) in [5.41, 5.74) is 5.52. The van der Waals surface area contributed by atoms with Gasteiger partial charge in [0.25, 0.3) is 0 Å². The second-order valence-electron chi connectivity index (χ2n) is 2.78. The molecule has 1 aliphatic rings. The lowest BCUT2D eigenvalue weighted by atomic mass is 10.1. The first kappa shape index (κ1) is 14.0. The number of halogens is 2. The standard InChI is InChI=1S/C7H16N2.2ClH/c1-2-9-4-3-7(5-8)6-9;;/h7H,2-6,8H2,1H3;2*1H/t7-;;/m0../s1. The van der Waals surface area contributed by atoms with Gasteiger partial charge in [-0.25, -0.2) is 0 Å². The van der Waals surface area contributed by atoms with E-state index in [4.69, 9.17) is 5.73 Å². The Kier molecular flexibility index (Phi) is 9.15. The molecule has 0 unspecified atom stereocenters. The summed E-state index contributed by atoms with van der Waals surface area (Å²) in [7, 11) is 0. The minimum absolute atomic E-state index is 0. The first-order valence-corrected chi connectivity index (χ1v) is 3.79. The molecule has 2 N–H and O–H groups in total. The second-order valence-corrected chi connectivity index (χ2v) is 2.78. The van der Waals surface area contributed by atoms with E-state index in [0.29, 0.717) is 0 Å². The highest BCUT2D eigenvalue weighted by molar-refractivity contribution is 5.85. The number of hydrogen-bond acceptors (Lipinski definition) is 2. The summed E-state index contributed by atoms with van der Waals surface area (Å²) in [4.78, 5) is 2.46. The van der Waals surface area contributed by atoms with E-state index in [0.717, 1.165) is 12.5 Å². The Bertz CT molecular complexity index is 80.5. The first-order valence-electron chi connectivity index (χ1n) is 3.79. The van der Waals surface area contributed by atoms with Crippen LogP contribution in [0.25, 0.3) is 0 Å². The van der Waals surface area contributed by atoms with Gasteiger partial charge in [0.2, 0.25) is 0 Å². The highest BCUT2D eigenvalue weighted by Crippen LogP contribution is 2.13. The van der Waals surface area contributed by atoms with Crippen molar-refractivity contribution in [2.24, 2.45) is 11.7 Å². The fourth-order valence-corrected chi connectivity index (χ4v) is 1.39. The third-order valence-corrected chi connectivity index (χ3v) is 2.15. The molecule has 1 rings (SSSR count). The smallest absolute Gasteiger partial charge is 0.00221 e. The number of nitrogens with zero attached hydrogens (tertiary/aromatic N) is 1. The molecule has 1 fully saturated rings. The molecule has 0 saturated carbocycles. The second kappa shape index (κ2) is 7.17. The van der Waals surface area contributed by atoms with Crippen molar-refractivity contribution in [2.45, 2.75) is 13.3 Å². The van der Waals surface area contributed by atoms with Crippen LogP contribution >= 0.6 is 24.8 Å². The molecule has 70 valence electrons. The first-order chi connectivity index (χ1) is 4.36. The summed E-state index contributed by atoms with van der Waals surface area (Å²) < 4.78 is 0. The molecule has 0 aromatic carbocycles. The Morgan fingerprint density at radius 3 is 2.36 bits per heavy atom. The predicted molar refractivity (Wildman–Crippen MR) is 53.8 cm³/mol. The molecule has 0 aromatic rings. The summed E-state index contributed by atoms with van der Waals surface area (Å²) >= 11 is 0. The van der Waals surface area contributed by atoms with Crippen LogP contribution in [0.5, 0.6) is 0 Å². The molecule has 4 heteroatoms. The average Bonchev–Trinajstić information content (AvgIpc) is 2.34. The molecular formula is C7H18Cl2N2. The van der Waals surface area contributed by atoms with Crippen LogP contribution in [0, 0.1) is 5.92 Å². The molecular weight excluding hydrogens is 183 g/mol.